The number of carbonyl (C=O) groups excluding carboxylic acids is 3. The number of hydrogen-bond acceptors (Lipinski definition) is 7. The molecule has 12 heteroatoms. The van der Waals surface area contributed by atoms with Crippen molar-refractivity contribution in [1.29, 1.82) is 0 Å². The van der Waals surface area contributed by atoms with E-state index in [0.717, 1.165) is 0 Å². The maximum Gasteiger partial charge on any atom is 0.326 e. The first-order valence-electron chi connectivity index (χ1n) is 11.1. The molecule has 1 rings (SSSR count). The number of hydrogen-bond donors (Lipinski definition) is 7. The zero-order valence-electron chi connectivity index (χ0n) is 19.9. The molecule has 8 N–H and O–H groups in total. The Bertz CT molecular complexity index is 891. The van der Waals surface area contributed by atoms with Crippen LogP contribution >= 0.6 is 0 Å². The third-order valence-corrected chi connectivity index (χ3v) is 5.03. The molecule has 5 atom stereocenters. The van der Waals surface area contributed by atoms with Gasteiger partial charge in [-0.15, -0.1) is 0 Å². The van der Waals surface area contributed by atoms with Crippen LogP contribution in [0.15, 0.2) is 30.3 Å². The largest absolute Gasteiger partial charge is 0.481 e. The van der Waals surface area contributed by atoms with Gasteiger partial charge in [0, 0.05) is 6.42 Å². The van der Waals surface area contributed by atoms with E-state index < -0.39 is 66.4 Å². The van der Waals surface area contributed by atoms with Crippen molar-refractivity contribution in [3.63, 3.8) is 0 Å². The molecule has 0 aliphatic carbocycles. The lowest BCUT2D eigenvalue weighted by Crippen LogP contribution is -2.60. The number of nitrogens with two attached hydrogens (primary N) is 1. The maximum absolute atomic E-state index is 12.9. The number of rotatable bonds is 14. The maximum atomic E-state index is 12.9. The second kappa shape index (κ2) is 14.0. The number of amides is 3. The third kappa shape index (κ3) is 10.5. The van der Waals surface area contributed by atoms with E-state index in [9.17, 15) is 34.2 Å². The molecule has 35 heavy (non-hydrogen) atoms. The normalized spacial score (nSPS) is 15.3. The summed E-state index contributed by atoms with van der Waals surface area (Å²) in [4.78, 5) is 60.4. The van der Waals surface area contributed by atoms with Crippen LogP contribution in [-0.4, -0.2) is 75.3 Å². The minimum atomic E-state index is -1.52. The molecule has 1 aromatic rings. The highest BCUT2D eigenvalue weighted by atomic mass is 16.4. The smallest absolute Gasteiger partial charge is 0.326 e. The molecule has 0 saturated heterocycles. The second-order valence-corrected chi connectivity index (χ2v) is 8.71. The SMILES string of the molecule is CC(C)CC(NC(=O)C(NC(=O)C(N)CC(=O)O)C(C)O)C(=O)NC(Cc1ccccc1)C(=O)O. The molecule has 3 amide bonds. The predicted octanol–water partition coefficient (Wildman–Crippen LogP) is -1.00. The fourth-order valence-electron chi connectivity index (χ4n) is 3.23. The highest BCUT2D eigenvalue weighted by Crippen LogP contribution is 2.09. The van der Waals surface area contributed by atoms with Gasteiger partial charge in [-0.05, 0) is 24.8 Å². The average Bonchev–Trinajstić information content (AvgIpc) is 2.75. The quantitative estimate of drug-likeness (QED) is 0.169. The Morgan fingerprint density at radius 2 is 1.43 bits per heavy atom. The van der Waals surface area contributed by atoms with Gasteiger partial charge in [0.1, 0.15) is 18.1 Å². The summed E-state index contributed by atoms with van der Waals surface area (Å²) >= 11 is 0. The standard InChI is InChI=1S/C23H34N4O8/c1-12(2)9-16(21(32)26-17(23(34)35)10-14-7-5-4-6-8-14)25-22(33)19(13(3)28)27-20(31)15(24)11-18(29)30/h4-8,12-13,15-17,19,28H,9-11,24H2,1-3H3,(H,25,33)(H,26,32)(H,27,31)(H,29,30)(H,34,35). The molecule has 0 spiro atoms. The molecule has 0 aliphatic heterocycles. The van der Waals surface area contributed by atoms with E-state index >= 15 is 0 Å². The van der Waals surface area contributed by atoms with Crippen molar-refractivity contribution in [1.82, 2.24) is 16.0 Å². The van der Waals surface area contributed by atoms with Gasteiger partial charge in [0.05, 0.1) is 18.6 Å². The van der Waals surface area contributed by atoms with Crippen LogP contribution in [0.2, 0.25) is 0 Å². The van der Waals surface area contributed by atoms with Crippen molar-refractivity contribution < 1.29 is 39.3 Å². The first kappa shape index (κ1) is 29.5. The zero-order valence-corrected chi connectivity index (χ0v) is 19.9. The Balaban J connectivity index is 2.97. The van der Waals surface area contributed by atoms with Crippen LogP contribution in [0.1, 0.15) is 39.2 Å². The summed E-state index contributed by atoms with van der Waals surface area (Å²) in [6, 6.07) is 3.31. The summed E-state index contributed by atoms with van der Waals surface area (Å²) in [6.45, 7) is 4.82. The lowest BCUT2D eigenvalue weighted by atomic mass is 10.0. The van der Waals surface area contributed by atoms with Crippen molar-refractivity contribution in [3.05, 3.63) is 35.9 Å². The number of aliphatic carboxylic acids is 2. The summed E-state index contributed by atoms with van der Waals surface area (Å²) in [5, 5.41) is 35.4. The zero-order chi connectivity index (χ0) is 26.7. The van der Waals surface area contributed by atoms with E-state index in [-0.39, 0.29) is 18.8 Å². The molecule has 0 bridgehead atoms. The number of aliphatic hydroxyl groups excluding tert-OH is 1. The lowest BCUT2D eigenvalue weighted by Gasteiger charge is -2.27. The Labute approximate surface area is 203 Å². The van der Waals surface area contributed by atoms with Crippen molar-refractivity contribution in [2.45, 2.75) is 70.3 Å². The van der Waals surface area contributed by atoms with E-state index in [4.69, 9.17) is 10.8 Å². The van der Waals surface area contributed by atoms with Gasteiger partial charge in [-0.1, -0.05) is 44.2 Å². The molecular formula is C23H34N4O8. The monoisotopic (exact) mass is 494 g/mol. The molecular weight excluding hydrogens is 460 g/mol. The topological polar surface area (TPSA) is 208 Å². The first-order valence-corrected chi connectivity index (χ1v) is 11.1. The summed E-state index contributed by atoms with van der Waals surface area (Å²) in [6.07, 6.45) is -1.91. The molecule has 0 aromatic heterocycles. The Morgan fingerprint density at radius 1 is 0.857 bits per heavy atom. The van der Waals surface area contributed by atoms with E-state index in [1.165, 1.54) is 6.92 Å². The number of carboxylic acid groups (broad SMARTS) is 2. The van der Waals surface area contributed by atoms with Crippen LogP contribution in [0.25, 0.3) is 0 Å². The van der Waals surface area contributed by atoms with Gasteiger partial charge in [-0.2, -0.15) is 0 Å². The summed E-state index contributed by atoms with van der Waals surface area (Å²) in [5.41, 5.74) is 6.20. The highest BCUT2D eigenvalue weighted by molar-refractivity contribution is 5.95. The molecule has 0 fully saturated rings. The number of benzene rings is 1. The van der Waals surface area contributed by atoms with Gasteiger partial charge in [0.2, 0.25) is 17.7 Å². The van der Waals surface area contributed by atoms with Crippen LogP contribution in [0.4, 0.5) is 0 Å². The van der Waals surface area contributed by atoms with Crippen LogP contribution in [-0.2, 0) is 30.4 Å². The van der Waals surface area contributed by atoms with Crippen LogP contribution < -0.4 is 21.7 Å². The molecule has 12 nitrogen and oxygen atoms in total. The number of aliphatic hydroxyl groups is 1. The van der Waals surface area contributed by atoms with Gasteiger partial charge in [0.25, 0.3) is 0 Å². The van der Waals surface area contributed by atoms with Gasteiger partial charge >= 0.3 is 11.9 Å². The summed E-state index contributed by atoms with van der Waals surface area (Å²) in [5.74, 6) is -5.26. The fourth-order valence-corrected chi connectivity index (χ4v) is 3.23. The van der Waals surface area contributed by atoms with E-state index in [1.807, 2.05) is 0 Å². The molecule has 1 aromatic carbocycles. The summed E-state index contributed by atoms with van der Waals surface area (Å²) in [7, 11) is 0. The van der Waals surface area contributed by atoms with Gasteiger partial charge in [-0.3, -0.25) is 19.2 Å². The molecule has 0 saturated carbocycles. The van der Waals surface area contributed by atoms with Crippen molar-refractivity contribution >= 4 is 29.7 Å². The van der Waals surface area contributed by atoms with Crippen LogP contribution in [0, 0.1) is 5.92 Å². The van der Waals surface area contributed by atoms with Crippen molar-refractivity contribution in [3.8, 4) is 0 Å². The Morgan fingerprint density at radius 3 is 1.91 bits per heavy atom. The lowest BCUT2D eigenvalue weighted by molar-refractivity contribution is -0.142. The summed E-state index contributed by atoms with van der Waals surface area (Å²) < 4.78 is 0. The Kier molecular flexibility index (Phi) is 11.8. The Hall–Kier alpha value is -3.51. The van der Waals surface area contributed by atoms with Crippen molar-refractivity contribution in [2.75, 3.05) is 0 Å². The average molecular weight is 495 g/mol. The fraction of sp³-hybridized carbons (Fsp3) is 0.522. The van der Waals surface area contributed by atoms with Crippen LogP contribution in [0.3, 0.4) is 0 Å². The van der Waals surface area contributed by atoms with E-state index in [0.29, 0.717) is 5.56 Å². The van der Waals surface area contributed by atoms with Gasteiger partial charge in [-0.25, -0.2) is 4.79 Å². The molecule has 0 aliphatic rings. The van der Waals surface area contributed by atoms with Gasteiger partial charge in [0.15, 0.2) is 0 Å². The molecule has 0 radical (unpaired) electrons. The third-order valence-electron chi connectivity index (χ3n) is 5.03. The first-order chi connectivity index (χ1) is 16.3. The van der Waals surface area contributed by atoms with E-state index in [1.54, 1.807) is 44.2 Å². The number of carboxylic acids is 2. The number of nitrogens with one attached hydrogen (secondary N) is 3. The predicted molar refractivity (Wildman–Crippen MR) is 125 cm³/mol. The van der Waals surface area contributed by atoms with E-state index in [2.05, 4.69) is 16.0 Å². The van der Waals surface area contributed by atoms with Crippen LogP contribution in [0.5, 0.6) is 0 Å². The molecule has 0 heterocycles. The van der Waals surface area contributed by atoms with Gasteiger partial charge < -0.3 is 37.0 Å². The number of carbonyl (C=O) groups is 5. The molecule has 194 valence electrons. The minimum absolute atomic E-state index is 0.0259. The second-order valence-electron chi connectivity index (χ2n) is 8.71. The highest BCUT2D eigenvalue weighted by Gasteiger charge is 2.33. The minimum Gasteiger partial charge on any atom is -0.481 e. The molecule has 5 unspecified atom stereocenters. The van der Waals surface area contributed by atoms with Crippen molar-refractivity contribution in [2.24, 2.45) is 11.7 Å².